The molecule has 0 spiro atoms. The first kappa shape index (κ1) is 28.7. The highest BCUT2D eigenvalue weighted by Gasteiger charge is 2.51. The largest absolute Gasteiger partial charge is 0.490 e. The Bertz CT molecular complexity index is 1380. The van der Waals surface area contributed by atoms with Gasteiger partial charge in [-0.15, -0.1) is 0 Å². The Morgan fingerprint density at radius 2 is 1.63 bits per heavy atom. The van der Waals surface area contributed by atoms with Crippen LogP contribution in [0.25, 0.3) is 11.5 Å². The number of alkyl halides is 3. The van der Waals surface area contributed by atoms with Crippen molar-refractivity contribution in [2.75, 3.05) is 6.54 Å². The number of hydrogen-bond acceptors (Lipinski definition) is 6. The highest BCUT2D eigenvalue weighted by Crippen LogP contribution is 2.47. The molecule has 0 bridgehead atoms. The lowest BCUT2D eigenvalue weighted by Crippen LogP contribution is -2.59. The lowest BCUT2D eigenvalue weighted by Gasteiger charge is -2.52. The van der Waals surface area contributed by atoms with Gasteiger partial charge in [0, 0.05) is 43.1 Å². The number of aliphatic carboxylic acids is 1. The van der Waals surface area contributed by atoms with Crippen molar-refractivity contribution in [2.45, 2.75) is 75.7 Å². The second-order valence-electron chi connectivity index (χ2n) is 10.7. The van der Waals surface area contributed by atoms with E-state index in [4.69, 9.17) is 14.9 Å². The zero-order chi connectivity index (χ0) is 29.2. The summed E-state index contributed by atoms with van der Waals surface area (Å²) in [6.07, 6.45) is 5.94. The van der Waals surface area contributed by atoms with Gasteiger partial charge in [-0.05, 0) is 50.2 Å². The molecule has 0 radical (unpaired) electrons. The molecule has 12 heteroatoms. The molecule has 1 aromatic carbocycles. The lowest BCUT2D eigenvalue weighted by atomic mass is 9.66. The predicted molar refractivity (Wildman–Crippen MR) is 142 cm³/mol. The van der Waals surface area contributed by atoms with Crippen LogP contribution < -0.4 is 0 Å². The molecule has 3 aromatic rings. The van der Waals surface area contributed by atoms with E-state index in [1.165, 1.54) is 0 Å². The zero-order valence-corrected chi connectivity index (χ0v) is 22.4. The molecule has 9 nitrogen and oxygen atoms in total. The van der Waals surface area contributed by atoms with Crippen LogP contribution in [-0.4, -0.2) is 65.3 Å². The van der Waals surface area contributed by atoms with Crippen molar-refractivity contribution in [3.8, 4) is 11.5 Å². The van der Waals surface area contributed by atoms with Crippen molar-refractivity contribution in [2.24, 2.45) is 5.92 Å². The Balaban J connectivity index is 0.000000431. The van der Waals surface area contributed by atoms with E-state index in [0.717, 1.165) is 68.4 Å². The number of fused-ring (bicyclic) bond motifs is 2. The smallest absolute Gasteiger partial charge is 0.475 e. The molecule has 6 rings (SSSR count). The molecule has 1 saturated heterocycles. The van der Waals surface area contributed by atoms with E-state index in [-0.39, 0.29) is 17.9 Å². The van der Waals surface area contributed by atoms with Gasteiger partial charge in [0.1, 0.15) is 5.69 Å². The number of carbonyl (C=O) groups excluding carboxylic acids is 1. The van der Waals surface area contributed by atoms with Gasteiger partial charge in [0.25, 0.3) is 5.91 Å². The van der Waals surface area contributed by atoms with E-state index >= 15 is 0 Å². The average molecular weight is 572 g/mol. The number of carbonyl (C=O) groups is 2. The molecule has 4 heterocycles. The van der Waals surface area contributed by atoms with Crippen LogP contribution in [0.5, 0.6) is 0 Å². The molecule has 1 amide bonds. The quantitative estimate of drug-likeness (QED) is 0.471. The van der Waals surface area contributed by atoms with E-state index in [1.807, 2.05) is 35.2 Å². The fraction of sp³-hybridized carbons (Fsp3) is 0.483. The Morgan fingerprint density at radius 3 is 2.32 bits per heavy atom. The molecule has 2 aliphatic heterocycles. The van der Waals surface area contributed by atoms with Crippen molar-refractivity contribution in [3.63, 3.8) is 0 Å². The minimum absolute atomic E-state index is 0.0163. The fourth-order valence-electron chi connectivity index (χ4n) is 6.46. The number of carboxylic acid groups (broad SMARTS) is 1. The normalized spacial score (nSPS) is 24.0. The predicted octanol–water partition coefficient (Wildman–Crippen LogP) is 4.60. The van der Waals surface area contributed by atoms with E-state index in [2.05, 4.69) is 14.5 Å². The van der Waals surface area contributed by atoms with E-state index in [0.29, 0.717) is 24.6 Å². The number of halogens is 3. The number of aromatic nitrogens is 4. The van der Waals surface area contributed by atoms with Crippen LogP contribution in [0.2, 0.25) is 0 Å². The molecule has 1 aliphatic carbocycles. The number of rotatable bonds is 3. The number of carboxylic acids is 1. The zero-order valence-electron chi connectivity index (χ0n) is 22.4. The van der Waals surface area contributed by atoms with Crippen LogP contribution >= 0.6 is 0 Å². The number of aliphatic hydroxyl groups is 1. The fourth-order valence-corrected chi connectivity index (χ4v) is 6.46. The number of imidazole rings is 1. The molecular formula is C29H32F3N5O4. The Morgan fingerprint density at radius 1 is 0.951 bits per heavy atom. The number of hydrogen-bond donors (Lipinski definition) is 2. The summed E-state index contributed by atoms with van der Waals surface area (Å²) in [5, 5.41) is 19.0. The molecule has 218 valence electrons. The first-order valence-electron chi connectivity index (χ1n) is 13.9. The monoisotopic (exact) mass is 571 g/mol. The summed E-state index contributed by atoms with van der Waals surface area (Å²) < 4.78 is 33.8. The van der Waals surface area contributed by atoms with E-state index in [9.17, 15) is 23.1 Å². The summed E-state index contributed by atoms with van der Waals surface area (Å²) in [5.74, 6) is -1.65. The van der Waals surface area contributed by atoms with Crippen molar-refractivity contribution in [3.05, 3.63) is 65.9 Å². The maximum atomic E-state index is 14.0. The molecule has 2 fully saturated rings. The van der Waals surface area contributed by atoms with Crippen molar-refractivity contribution in [1.29, 1.82) is 0 Å². The molecular weight excluding hydrogens is 539 g/mol. The van der Waals surface area contributed by atoms with Crippen molar-refractivity contribution in [1.82, 2.24) is 24.4 Å². The van der Waals surface area contributed by atoms with Gasteiger partial charge in [-0.3, -0.25) is 4.79 Å². The first-order chi connectivity index (χ1) is 19.6. The summed E-state index contributed by atoms with van der Waals surface area (Å²) in [6.45, 7) is 1.33. The number of piperidine rings is 1. The minimum Gasteiger partial charge on any atom is -0.475 e. The van der Waals surface area contributed by atoms with Gasteiger partial charge < -0.3 is 19.7 Å². The highest BCUT2D eigenvalue weighted by atomic mass is 19.4. The second-order valence-corrected chi connectivity index (χ2v) is 10.7. The third-order valence-corrected chi connectivity index (χ3v) is 8.34. The van der Waals surface area contributed by atoms with Crippen LogP contribution in [0.1, 0.15) is 66.8 Å². The highest BCUT2D eigenvalue weighted by molar-refractivity contribution is 5.92. The van der Waals surface area contributed by atoms with Gasteiger partial charge in [0.2, 0.25) is 0 Å². The van der Waals surface area contributed by atoms with Crippen LogP contribution in [-0.2, 0) is 23.4 Å². The van der Waals surface area contributed by atoms with Gasteiger partial charge in [-0.2, -0.15) is 13.2 Å². The van der Waals surface area contributed by atoms with E-state index in [1.54, 1.807) is 18.5 Å². The van der Waals surface area contributed by atoms with Crippen LogP contribution in [0.4, 0.5) is 13.2 Å². The second kappa shape index (κ2) is 11.6. The third kappa shape index (κ3) is 5.70. The van der Waals surface area contributed by atoms with E-state index < -0.39 is 17.7 Å². The summed E-state index contributed by atoms with van der Waals surface area (Å²) >= 11 is 0. The summed E-state index contributed by atoms with van der Waals surface area (Å²) in [6, 6.07) is 11.8. The van der Waals surface area contributed by atoms with Crippen LogP contribution in [0.3, 0.4) is 0 Å². The summed E-state index contributed by atoms with van der Waals surface area (Å²) in [5.41, 5.74) is 1.89. The Hall–Kier alpha value is -3.80. The molecule has 3 aliphatic rings. The molecule has 1 saturated carbocycles. The Kier molecular flexibility index (Phi) is 8.12. The van der Waals surface area contributed by atoms with Crippen molar-refractivity contribution >= 4 is 11.9 Å². The molecule has 2 N–H and O–H groups in total. The maximum Gasteiger partial charge on any atom is 0.490 e. The van der Waals surface area contributed by atoms with Gasteiger partial charge in [-0.1, -0.05) is 43.2 Å². The van der Waals surface area contributed by atoms with Crippen LogP contribution in [0.15, 0.2) is 48.8 Å². The molecule has 3 atom stereocenters. The lowest BCUT2D eigenvalue weighted by molar-refractivity contribution is -0.192. The molecule has 41 heavy (non-hydrogen) atoms. The molecule has 2 aromatic heterocycles. The summed E-state index contributed by atoms with van der Waals surface area (Å²) in [4.78, 5) is 38.6. The van der Waals surface area contributed by atoms with Crippen molar-refractivity contribution < 1.29 is 33.0 Å². The SMILES string of the molecule is O=C(O)C(F)(F)F.O=C(c1nc(-c2ncccn2)c2n1CCCC2)N1CCC(O)(c2ccccc2)C2CCCCC21. The topological polar surface area (TPSA) is 121 Å². The van der Waals surface area contributed by atoms with Crippen LogP contribution in [0, 0.1) is 5.92 Å². The standard InChI is InChI=1S/C27H31N5O2.C2HF3O2/c33-26(25-30-23(24-28-15-8-16-29-24)22-13-6-7-17-31(22)25)32-18-14-27(34,19-9-2-1-3-10-19)20-11-4-5-12-21(20)32;3-2(4,5)1(6)7/h1-3,8-10,15-16,20-21,34H,4-7,11-14,17-18H2;(H,6,7). The Labute approximate surface area is 235 Å². The van der Waals surface area contributed by atoms with Gasteiger partial charge >= 0.3 is 12.1 Å². The number of nitrogens with zero attached hydrogens (tertiary/aromatic N) is 5. The van der Waals surface area contributed by atoms with Gasteiger partial charge in [0.15, 0.2) is 11.6 Å². The number of likely N-dealkylation sites (tertiary alicyclic amines) is 1. The number of benzene rings is 1. The average Bonchev–Trinajstić information content (AvgIpc) is 3.38. The number of amides is 1. The molecule has 3 unspecified atom stereocenters. The van der Waals surface area contributed by atoms with Gasteiger partial charge in [-0.25, -0.2) is 19.7 Å². The minimum atomic E-state index is -5.08. The van der Waals surface area contributed by atoms with Gasteiger partial charge in [0.05, 0.1) is 5.60 Å². The first-order valence-corrected chi connectivity index (χ1v) is 13.9. The summed E-state index contributed by atoms with van der Waals surface area (Å²) in [7, 11) is 0. The maximum absolute atomic E-state index is 14.0. The third-order valence-electron chi connectivity index (χ3n) is 8.34.